The van der Waals surface area contributed by atoms with Crippen molar-refractivity contribution in [3.63, 3.8) is 0 Å². The first-order valence-electron chi connectivity index (χ1n) is 5.47. The van der Waals surface area contributed by atoms with Crippen LogP contribution < -0.4 is 39.3 Å². The number of rotatable bonds is 1. The third-order valence-electron chi connectivity index (χ3n) is 2.31. The Morgan fingerprint density at radius 1 is 1.50 bits per heavy atom. The summed E-state index contributed by atoms with van der Waals surface area (Å²) >= 11 is 0. The predicted molar refractivity (Wildman–Crippen MR) is 59.2 cm³/mol. The standard InChI is InChI=1S/C9H8BFO4.C2H6.Na/c11-6-2-1-5-3-4-10(14)15-8(5)7(6)9(12)13;1-2;/h1-2,14H,3-4H2,(H,12,13);1-2H3;/q;;+1/p-1. The maximum Gasteiger partial charge on any atom is 1.00 e. The zero-order valence-electron chi connectivity index (χ0n) is 10.7. The number of aromatic carboxylic acids is 1. The molecule has 92 valence electrons. The zero-order valence-corrected chi connectivity index (χ0v) is 12.7. The first-order chi connectivity index (χ1) is 8.09. The fourth-order valence-corrected chi connectivity index (χ4v) is 1.60. The van der Waals surface area contributed by atoms with Gasteiger partial charge in [0.05, 0.1) is 11.5 Å². The molecule has 1 heterocycles. The Labute approximate surface area is 128 Å². The molecule has 1 aromatic rings. The van der Waals surface area contributed by atoms with Crippen LogP contribution in [0.5, 0.6) is 5.75 Å². The zero-order chi connectivity index (χ0) is 13.0. The minimum absolute atomic E-state index is 0. The molecule has 1 aliphatic rings. The van der Waals surface area contributed by atoms with Gasteiger partial charge in [-0.1, -0.05) is 19.9 Å². The smallest absolute Gasteiger partial charge is 0.545 e. The second kappa shape index (κ2) is 7.79. The van der Waals surface area contributed by atoms with Crippen molar-refractivity contribution in [3.05, 3.63) is 29.1 Å². The van der Waals surface area contributed by atoms with Crippen molar-refractivity contribution in [1.82, 2.24) is 0 Å². The second-order valence-corrected chi connectivity index (χ2v) is 3.31. The molecule has 1 aromatic carbocycles. The molecule has 0 saturated heterocycles. The molecule has 0 radical (unpaired) electrons. The van der Waals surface area contributed by atoms with Crippen molar-refractivity contribution in [3.8, 4) is 5.75 Å². The molecule has 1 aliphatic heterocycles. The molecule has 0 fully saturated rings. The average Bonchev–Trinajstić information content (AvgIpc) is 2.30. The minimum atomic E-state index is -1.64. The number of halogens is 1. The molecule has 2 rings (SSSR count). The van der Waals surface area contributed by atoms with Gasteiger partial charge in [-0.2, -0.15) is 0 Å². The first kappa shape index (κ1) is 17.4. The van der Waals surface area contributed by atoms with E-state index in [1.165, 1.54) is 6.07 Å². The van der Waals surface area contributed by atoms with Crippen LogP contribution in [0.1, 0.15) is 29.8 Å². The SMILES string of the molecule is CC.O=C([O-])c1c(F)ccc2c1OB(O)CC2.[Na+]. The molecule has 0 amide bonds. The molecule has 0 unspecified atom stereocenters. The van der Waals surface area contributed by atoms with Crippen molar-refractivity contribution >= 4 is 13.1 Å². The number of hydrogen-bond donors (Lipinski definition) is 1. The number of carboxylic acid groups (broad SMARTS) is 1. The van der Waals surface area contributed by atoms with Gasteiger partial charge in [-0.05, 0) is 24.4 Å². The van der Waals surface area contributed by atoms with Crippen molar-refractivity contribution in [2.45, 2.75) is 26.6 Å². The van der Waals surface area contributed by atoms with Gasteiger partial charge in [0.2, 0.25) is 0 Å². The number of carbonyl (C=O) groups is 1. The van der Waals surface area contributed by atoms with E-state index in [1.54, 1.807) is 0 Å². The maximum atomic E-state index is 13.2. The van der Waals surface area contributed by atoms with Gasteiger partial charge in [-0.3, -0.25) is 0 Å². The molecule has 7 heteroatoms. The van der Waals surface area contributed by atoms with Gasteiger partial charge >= 0.3 is 36.7 Å². The van der Waals surface area contributed by atoms with E-state index in [-0.39, 0.29) is 35.3 Å². The fourth-order valence-electron chi connectivity index (χ4n) is 1.60. The normalized spacial score (nSPS) is 12.3. The van der Waals surface area contributed by atoms with E-state index >= 15 is 0 Å². The number of benzene rings is 1. The van der Waals surface area contributed by atoms with Gasteiger partial charge < -0.3 is 19.6 Å². The van der Waals surface area contributed by atoms with E-state index in [0.717, 1.165) is 6.07 Å². The molecule has 0 saturated carbocycles. The Hall–Kier alpha value is -0.555. The largest absolute Gasteiger partial charge is 1.00 e. The summed E-state index contributed by atoms with van der Waals surface area (Å²) in [6, 6.07) is 2.51. The Kier molecular flexibility index (Phi) is 7.55. The van der Waals surface area contributed by atoms with E-state index in [4.69, 9.17) is 4.65 Å². The van der Waals surface area contributed by atoms with Crippen molar-refractivity contribution in [1.29, 1.82) is 0 Å². The molecule has 0 atom stereocenters. The van der Waals surface area contributed by atoms with Gasteiger partial charge in [0.25, 0.3) is 0 Å². The monoisotopic (exact) mass is 262 g/mol. The summed E-state index contributed by atoms with van der Waals surface area (Å²) in [4.78, 5) is 10.7. The third-order valence-corrected chi connectivity index (χ3v) is 2.31. The molecule has 4 nitrogen and oxygen atoms in total. The third kappa shape index (κ3) is 3.72. The molecule has 0 bridgehead atoms. The van der Waals surface area contributed by atoms with Crippen LogP contribution in [-0.2, 0) is 6.42 Å². The molecule has 0 aromatic heterocycles. The van der Waals surface area contributed by atoms with Crippen LogP contribution in [0.15, 0.2) is 12.1 Å². The van der Waals surface area contributed by atoms with E-state index in [0.29, 0.717) is 18.3 Å². The number of aryl methyl sites for hydroxylation is 1. The molecular formula is C11H13BFNaO4. The Morgan fingerprint density at radius 2 is 2.11 bits per heavy atom. The van der Waals surface area contributed by atoms with Crippen LogP contribution in [0.4, 0.5) is 4.39 Å². The number of fused-ring (bicyclic) bond motifs is 1. The van der Waals surface area contributed by atoms with E-state index in [9.17, 15) is 19.3 Å². The summed E-state index contributed by atoms with van der Waals surface area (Å²) in [6.07, 6.45) is 0.822. The summed E-state index contributed by atoms with van der Waals surface area (Å²) in [7, 11) is -1.09. The maximum absolute atomic E-state index is 13.2. The number of carboxylic acids is 1. The molecule has 0 aliphatic carbocycles. The second-order valence-electron chi connectivity index (χ2n) is 3.31. The van der Waals surface area contributed by atoms with Gasteiger partial charge in [-0.25, -0.2) is 4.39 Å². The van der Waals surface area contributed by atoms with Crippen LogP contribution in [0.2, 0.25) is 6.32 Å². The quantitative estimate of drug-likeness (QED) is 0.574. The Balaban J connectivity index is 0.000000917. The van der Waals surface area contributed by atoms with Crippen LogP contribution in [-0.4, -0.2) is 18.1 Å². The van der Waals surface area contributed by atoms with Crippen molar-refractivity contribution < 1.29 is 53.5 Å². The summed E-state index contributed by atoms with van der Waals surface area (Å²) in [5.74, 6) is -2.67. The summed E-state index contributed by atoms with van der Waals surface area (Å²) < 4.78 is 18.1. The van der Waals surface area contributed by atoms with E-state index in [2.05, 4.69) is 0 Å². The Bertz CT molecular complexity index is 428. The number of carbonyl (C=O) groups excluding carboxylic acids is 1. The fraction of sp³-hybridized carbons (Fsp3) is 0.364. The average molecular weight is 262 g/mol. The molecule has 18 heavy (non-hydrogen) atoms. The number of hydrogen-bond acceptors (Lipinski definition) is 4. The van der Waals surface area contributed by atoms with Crippen LogP contribution >= 0.6 is 0 Å². The van der Waals surface area contributed by atoms with Gasteiger partial charge in [-0.15, -0.1) is 0 Å². The van der Waals surface area contributed by atoms with Crippen LogP contribution in [0.3, 0.4) is 0 Å². The topological polar surface area (TPSA) is 69.6 Å². The van der Waals surface area contributed by atoms with Crippen LogP contribution in [0.25, 0.3) is 0 Å². The first-order valence-corrected chi connectivity index (χ1v) is 5.47. The van der Waals surface area contributed by atoms with Crippen molar-refractivity contribution in [2.24, 2.45) is 0 Å². The molecule has 0 spiro atoms. The summed E-state index contributed by atoms with van der Waals surface area (Å²) in [6.45, 7) is 4.00. The summed E-state index contributed by atoms with van der Waals surface area (Å²) in [5.41, 5.74) is -0.0489. The van der Waals surface area contributed by atoms with E-state index < -0.39 is 24.5 Å². The van der Waals surface area contributed by atoms with Crippen molar-refractivity contribution in [2.75, 3.05) is 0 Å². The minimum Gasteiger partial charge on any atom is -0.545 e. The molecule has 1 N–H and O–H groups in total. The summed E-state index contributed by atoms with van der Waals surface area (Å²) in [5, 5.41) is 19.9. The molecular weight excluding hydrogens is 249 g/mol. The van der Waals surface area contributed by atoms with E-state index in [1.807, 2.05) is 13.8 Å². The van der Waals surface area contributed by atoms with Crippen LogP contribution in [0, 0.1) is 5.82 Å². The Morgan fingerprint density at radius 3 is 2.67 bits per heavy atom. The van der Waals surface area contributed by atoms with Gasteiger partial charge in [0, 0.05) is 0 Å². The predicted octanol–water partition coefficient (Wildman–Crippen LogP) is -2.37. The van der Waals surface area contributed by atoms with Gasteiger partial charge in [0.1, 0.15) is 11.6 Å². The van der Waals surface area contributed by atoms with Gasteiger partial charge in [0.15, 0.2) is 0 Å².